The second kappa shape index (κ2) is 6.93. The van der Waals surface area contributed by atoms with Gasteiger partial charge in [0.25, 0.3) is 5.91 Å². The largest absolute Gasteiger partial charge is 0.378 e. The molecule has 0 saturated heterocycles. The predicted molar refractivity (Wildman–Crippen MR) is 61.0 cm³/mol. The van der Waals surface area contributed by atoms with E-state index in [1.807, 2.05) is 0 Å². The Morgan fingerprint density at radius 2 is 2.35 bits per heavy atom. The minimum absolute atomic E-state index is 0.0151. The zero-order chi connectivity index (χ0) is 12.7. The highest BCUT2D eigenvalue weighted by Crippen LogP contribution is 2.07. The van der Waals surface area contributed by atoms with Crippen LogP contribution in [-0.2, 0) is 4.74 Å². The molecule has 94 valence electrons. The van der Waals surface area contributed by atoms with Gasteiger partial charge in [0.15, 0.2) is 5.82 Å². The fourth-order valence-corrected chi connectivity index (χ4v) is 1.24. The van der Waals surface area contributed by atoms with Gasteiger partial charge in [-0.1, -0.05) is 0 Å². The highest BCUT2D eigenvalue weighted by Gasteiger charge is 2.15. The van der Waals surface area contributed by atoms with Gasteiger partial charge in [-0.3, -0.25) is 9.78 Å². The number of rotatable bonds is 6. The zero-order valence-corrected chi connectivity index (χ0v) is 9.73. The van der Waals surface area contributed by atoms with Gasteiger partial charge in [0.1, 0.15) is 0 Å². The van der Waals surface area contributed by atoms with E-state index >= 15 is 0 Å². The van der Waals surface area contributed by atoms with Crippen molar-refractivity contribution in [3.05, 3.63) is 29.8 Å². The first-order valence-corrected chi connectivity index (χ1v) is 5.29. The first kappa shape index (κ1) is 13.5. The summed E-state index contributed by atoms with van der Waals surface area (Å²) in [5.74, 6) is -1.01. The van der Waals surface area contributed by atoms with Crippen molar-refractivity contribution in [3.8, 4) is 0 Å². The van der Waals surface area contributed by atoms with Crippen molar-refractivity contribution < 1.29 is 13.9 Å². The number of amides is 1. The number of carbonyl (C=O) groups excluding carboxylic acids is 1. The molecule has 0 atom stereocenters. The van der Waals surface area contributed by atoms with Crippen LogP contribution in [0, 0.1) is 5.82 Å². The van der Waals surface area contributed by atoms with Crippen LogP contribution in [0.1, 0.15) is 10.4 Å². The molecule has 6 heteroatoms. The lowest BCUT2D eigenvalue weighted by Crippen LogP contribution is -2.31. The third-order valence-electron chi connectivity index (χ3n) is 2.18. The van der Waals surface area contributed by atoms with E-state index in [4.69, 9.17) is 10.5 Å². The van der Waals surface area contributed by atoms with E-state index in [-0.39, 0.29) is 11.5 Å². The van der Waals surface area contributed by atoms with Crippen LogP contribution >= 0.6 is 0 Å². The van der Waals surface area contributed by atoms with Gasteiger partial charge < -0.3 is 15.4 Å². The molecule has 0 fully saturated rings. The van der Waals surface area contributed by atoms with Gasteiger partial charge >= 0.3 is 0 Å². The van der Waals surface area contributed by atoms with E-state index in [0.717, 1.165) is 6.20 Å². The quantitative estimate of drug-likeness (QED) is 0.726. The van der Waals surface area contributed by atoms with Crippen molar-refractivity contribution in [1.29, 1.82) is 0 Å². The molecule has 0 aliphatic heterocycles. The summed E-state index contributed by atoms with van der Waals surface area (Å²) in [7, 11) is 1.59. The third kappa shape index (κ3) is 4.08. The molecule has 0 aliphatic carbocycles. The second-order valence-electron chi connectivity index (χ2n) is 3.48. The molecular weight excluding hydrogens is 225 g/mol. The number of halogens is 1. The molecule has 1 aromatic heterocycles. The maximum Gasteiger partial charge on any atom is 0.256 e. The van der Waals surface area contributed by atoms with Gasteiger partial charge in [-0.25, -0.2) is 4.39 Å². The Hall–Kier alpha value is -1.53. The lowest BCUT2D eigenvalue weighted by atomic mass is 10.2. The van der Waals surface area contributed by atoms with Crippen LogP contribution in [-0.4, -0.2) is 49.1 Å². The molecule has 0 spiro atoms. The number of nitrogens with zero attached hydrogens (tertiary/aromatic N) is 2. The Labute approximate surface area is 99.4 Å². The zero-order valence-electron chi connectivity index (χ0n) is 9.73. The van der Waals surface area contributed by atoms with Crippen LogP contribution < -0.4 is 5.73 Å². The molecule has 1 rings (SSSR count). The summed E-state index contributed by atoms with van der Waals surface area (Å²) in [6, 6.07) is 1.36. The van der Waals surface area contributed by atoms with Gasteiger partial charge in [0.05, 0.1) is 25.0 Å². The van der Waals surface area contributed by atoms with Crippen molar-refractivity contribution in [3.63, 3.8) is 0 Å². The Bertz CT molecular complexity index is 373. The third-order valence-corrected chi connectivity index (χ3v) is 2.18. The van der Waals surface area contributed by atoms with Gasteiger partial charge in [0.2, 0.25) is 0 Å². The van der Waals surface area contributed by atoms with Crippen LogP contribution in [0.2, 0.25) is 0 Å². The molecule has 5 nitrogen and oxygen atoms in total. The van der Waals surface area contributed by atoms with Crippen molar-refractivity contribution in [2.45, 2.75) is 0 Å². The molecule has 2 N–H and O–H groups in total. The lowest BCUT2D eigenvalue weighted by Gasteiger charge is -2.17. The predicted octanol–water partition coefficient (Wildman–Crippen LogP) is 0.268. The highest BCUT2D eigenvalue weighted by atomic mass is 19.1. The number of hydrogen-bond donors (Lipinski definition) is 1. The monoisotopic (exact) mass is 241 g/mol. The van der Waals surface area contributed by atoms with E-state index in [1.54, 1.807) is 7.05 Å². The lowest BCUT2D eigenvalue weighted by molar-refractivity contribution is 0.0700. The number of likely N-dealkylation sites (N-methyl/N-ethyl adjacent to an activating group) is 1. The Morgan fingerprint density at radius 3 is 3.00 bits per heavy atom. The van der Waals surface area contributed by atoms with E-state index < -0.39 is 5.82 Å². The molecule has 17 heavy (non-hydrogen) atoms. The minimum atomic E-state index is -0.618. The Balaban J connectivity index is 2.49. The van der Waals surface area contributed by atoms with E-state index in [1.165, 1.54) is 17.2 Å². The fraction of sp³-hybridized carbons (Fsp3) is 0.455. The summed E-state index contributed by atoms with van der Waals surface area (Å²) in [5, 5.41) is 0. The smallest absolute Gasteiger partial charge is 0.256 e. The number of aromatic nitrogens is 1. The highest BCUT2D eigenvalue weighted by molar-refractivity contribution is 5.94. The second-order valence-corrected chi connectivity index (χ2v) is 3.48. The normalized spacial score (nSPS) is 10.3. The molecule has 1 heterocycles. The number of ether oxygens (including phenoxy) is 1. The Kier molecular flexibility index (Phi) is 5.51. The van der Waals surface area contributed by atoms with Gasteiger partial charge in [0, 0.05) is 26.3 Å². The average Bonchev–Trinajstić information content (AvgIpc) is 2.34. The van der Waals surface area contributed by atoms with Crippen LogP contribution in [0.25, 0.3) is 0 Å². The molecule has 0 aliphatic rings. The molecule has 1 amide bonds. The van der Waals surface area contributed by atoms with E-state index in [0.29, 0.717) is 26.3 Å². The van der Waals surface area contributed by atoms with Crippen LogP contribution in [0.5, 0.6) is 0 Å². The number of hydrogen-bond acceptors (Lipinski definition) is 4. The van der Waals surface area contributed by atoms with E-state index in [2.05, 4.69) is 4.98 Å². The molecule has 0 saturated carbocycles. The van der Waals surface area contributed by atoms with E-state index in [9.17, 15) is 9.18 Å². The van der Waals surface area contributed by atoms with Crippen molar-refractivity contribution in [2.24, 2.45) is 5.73 Å². The molecule has 0 aromatic carbocycles. The SMILES string of the molecule is CN(CCOCCN)C(=O)c1ccncc1F. The maximum absolute atomic E-state index is 13.3. The van der Waals surface area contributed by atoms with Gasteiger partial charge in [-0.2, -0.15) is 0 Å². The molecule has 0 bridgehead atoms. The van der Waals surface area contributed by atoms with Crippen LogP contribution in [0.4, 0.5) is 4.39 Å². The van der Waals surface area contributed by atoms with Crippen molar-refractivity contribution in [1.82, 2.24) is 9.88 Å². The van der Waals surface area contributed by atoms with Gasteiger partial charge in [-0.05, 0) is 6.07 Å². The topological polar surface area (TPSA) is 68.5 Å². The van der Waals surface area contributed by atoms with Crippen molar-refractivity contribution in [2.75, 3.05) is 33.4 Å². The maximum atomic E-state index is 13.3. The molecule has 0 radical (unpaired) electrons. The van der Waals surface area contributed by atoms with Crippen LogP contribution in [0.15, 0.2) is 18.5 Å². The summed E-state index contributed by atoms with van der Waals surface area (Å²) in [6.45, 7) is 1.66. The molecule has 1 aromatic rings. The van der Waals surface area contributed by atoms with Crippen molar-refractivity contribution >= 4 is 5.91 Å². The summed E-state index contributed by atoms with van der Waals surface area (Å²) in [4.78, 5) is 16.8. The molecular formula is C11H16FN3O2. The number of nitrogens with two attached hydrogens (primary N) is 1. The number of pyridine rings is 1. The van der Waals surface area contributed by atoms with Gasteiger partial charge in [-0.15, -0.1) is 0 Å². The average molecular weight is 241 g/mol. The molecule has 0 unspecified atom stereocenters. The first-order chi connectivity index (χ1) is 8.16. The minimum Gasteiger partial charge on any atom is -0.378 e. The summed E-state index contributed by atoms with van der Waals surface area (Å²) < 4.78 is 18.4. The summed E-state index contributed by atoms with van der Waals surface area (Å²) in [5.41, 5.74) is 5.27. The standard InChI is InChI=1S/C11H16FN3O2/c1-15(5-7-17-6-3-13)11(16)9-2-4-14-8-10(9)12/h2,4,8H,3,5-7,13H2,1H3. The summed E-state index contributed by atoms with van der Waals surface area (Å²) >= 11 is 0. The fourth-order valence-electron chi connectivity index (χ4n) is 1.24. The first-order valence-electron chi connectivity index (χ1n) is 5.29. The Morgan fingerprint density at radius 1 is 1.59 bits per heavy atom. The summed E-state index contributed by atoms with van der Waals surface area (Å²) in [6.07, 6.45) is 2.40. The number of carbonyl (C=O) groups is 1. The van der Waals surface area contributed by atoms with Crippen LogP contribution in [0.3, 0.4) is 0 Å².